The molecule has 2 N–H and O–H groups in total. The molecule has 0 aliphatic heterocycles. The van der Waals surface area contributed by atoms with Gasteiger partial charge in [-0.05, 0) is 60.5 Å². The van der Waals surface area contributed by atoms with Crippen LogP contribution in [0.4, 0.5) is 17.2 Å². The molecule has 0 atom stereocenters. The van der Waals surface area contributed by atoms with E-state index in [2.05, 4.69) is 39.9 Å². The molecule has 1 aromatic heterocycles. The molecule has 0 aliphatic rings. The van der Waals surface area contributed by atoms with E-state index in [1.54, 1.807) is 36.4 Å². The molecule has 0 saturated carbocycles. The molecule has 0 unspecified atom stereocenters. The lowest BCUT2D eigenvalue weighted by Gasteiger charge is -2.07. The van der Waals surface area contributed by atoms with E-state index < -0.39 is 0 Å². The molecule has 1 amide bonds. The zero-order valence-corrected chi connectivity index (χ0v) is 14.2. The van der Waals surface area contributed by atoms with Crippen LogP contribution in [0, 0.1) is 11.3 Å². The summed E-state index contributed by atoms with van der Waals surface area (Å²) in [5.41, 5.74) is 3.50. The fourth-order valence-electron chi connectivity index (χ4n) is 2.31. The van der Waals surface area contributed by atoms with Crippen molar-refractivity contribution in [3.8, 4) is 6.07 Å². The third kappa shape index (κ3) is 4.22. The Bertz CT molecular complexity index is 926. The predicted molar refractivity (Wildman–Crippen MR) is 100 cm³/mol. The van der Waals surface area contributed by atoms with E-state index in [-0.39, 0.29) is 11.6 Å². The molecule has 1 heterocycles. The summed E-state index contributed by atoms with van der Waals surface area (Å²) in [6.07, 6.45) is 0.989. The second-order valence-electron chi connectivity index (χ2n) is 5.62. The van der Waals surface area contributed by atoms with E-state index in [0.29, 0.717) is 17.1 Å². The fraction of sp³-hybridized carbons (Fsp3) is 0.100. The van der Waals surface area contributed by atoms with Crippen LogP contribution in [0.15, 0.2) is 60.7 Å². The maximum Gasteiger partial charge on any atom is 0.276 e. The van der Waals surface area contributed by atoms with Crippen molar-refractivity contribution in [3.05, 3.63) is 77.5 Å². The van der Waals surface area contributed by atoms with Gasteiger partial charge in [-0.1, -0.05) is 19.1 Å². The van der Waals surface area contributed by atoms with Gasteiger partial charge in [-0.2, -0.15) is 5.26 Å². The van der Waals surface area contributed by atoms with Crippen LogP contribution in [0.5, 0.6) is 0 Å². The Morgan fingerprint density at radius 2 is 1.65 bits per heavy atom. The van der Waals surface area contributed by atoms with Gasteiger partial charge in [-0.25, -0.2) is 0 Å². The van der Waals surface area contributed by atoms with Crippen LogP contribution in [0.3, 0.4) is 0 Å². The van der Waals surface area contributed by atoms with Gasteiger partial charge >= 0.3 is 0 Å². The average Bonchev–Trinajstić information content (AvgIpc) is 2.69. The quantitative estimate of drug-likeness (QED) is 0.733. The number of nitrogens with one attached hydrogen (secondary N) is 2. The number of carbonyl (C=O) groups excluding carboxylic acids is 1. The number of anilines is 3. The lowest BCUT2D eigenvalue weighted by Crippen LogP contribution is -2.14. The Morgan fingerprint density at radius 3 is 2.23 bits per heavy atom. The average molecular weight is 343 g/mol. The van der Waals surface area contributed by atoms with E-state index in [0.717, 1.165) is 12.1 Å². The Balaban J connectivity index is 1.64. The molecule has 6 nitrogen and oxygen atoms in total. The van der Waals surface area contributed by atoms with Gasteiger partial charge in [0.2, 0.25) is 0 Å². The highest BCUT2D eigenvalue weighted by atomic mass is 16.1. The molecule has 0 saturated heterocycles. The molecular formula is C20H17N5O. The lowest BCUT2D eigenvalue weighted by atomic mass is 10.1. The number of rotatable bonds is 5. The highest BCUT2D eigenvalue weighted by Gasteiger charge is 2.09. The third-order valence-corrected chi connectivity index (χ3v) is 3.80. The van der Waals surface area contributed by atoms with Crippen LogP contribution < -0.4 is 10.6 Å². The lowest BCUT2D eigenvalue weighted by molar-refractivity contribution is 0.102. The number of nitriles is 1. The van der Waals surface area contributed by atoms with Crippen molar-refractivity contribution in [1.29, 1.82) is 5.26 Å². The Morgan fingerprint density at radius 1 is 0.962 bits per heavy atom. The molecule has 0 fully saturated rings. The molecule has 128 valence electrons. The standard InChI is InChI=1S/C20H17N5O/c1-2-14-3-7-16(8-4-14)22-19-12-11-18(24-25-19)20(26)23-17-9-5-15(13-21)6-10-17/h3-12H,2H2,1H3,(H,22,25)(H,23,26). The minimum absolute atomic E-state index is 0.209. The highest BCUT2D eigenvalue weighted by molar-refractivity contribution is 6.02. The number of nitrogens with zero attached hydrogens (tertiary/aromatic N) is 3. The molecule has 0 spiro atoms. The topological polar surface area (TPSA) is 90.7 Å². The van der Waals surface area contributed by atoms with Crippen molar-refractivity contribution in [2.45, 2.75) is 13.3 Å². The minimum Gasteiger partial charge on any atom is -0.339 e. The molecular weight excluding hydrogens is 326 g/mol. The summed E-state index contributed by atoms with van der Waals surface area (Å²) >= 11 is 0. The van der Waals surface area contributed by atoms with Crippen molar-refractivity contribution >= 4 is 23.1 Å². The van der Waals surface area contributed by atoms with Crippen LogP contribution in [0.2, 0.25) is 0 Å². The summed E-state index contributed by atoms with van der Waals surface area (Å²) in [6.45, 7) is 2.11. The van der Waals surface area contributed by atoms with Gasteiger partial charge in [0.15, 0.2) is 11.5 Å². The van der Waals surface area contributed by atoms with Gasteiger partial charge in [0, 0.05) is 11.4 Å². The van der Waals surface area contributed by atoms with Crippen LogP contribution >= 0.6 is 0 Å². The number of hydrogen-bond acceptors (Lipinski definition) is 5. The molecule has 0 aliphatic carbocycles. The van der Waals surface area contributed by atoms with Crippen LogP contribution in [-0.4, -0.2) is 16.1 Å². The first kappa shape index (κ1) is 17.1. The molecule has 0 radical (unpaired) electrons. The first-order chi connectivity index (χ1) is 12.7. The van der Waals surface area contributed by atoms with E-state index in [1.807, 2.05) is 18.2 Å². The Hall–Kier alpha value is -3.72. The Kier molecular flexibility index (Phi) is 5.20. The van der Waals surface area contributed by atoms with Gasteiger partial charge in [-0.15, -0.1) is 10.2 Å². The number of carbonyl (C=O) groups is 1. The minimum atomic E-state index is -0.360. The van der Waals surface area contributed by atoms with Gasteiger partial charge in [0.05, 0.1) is 11.6 Å². The van der Waals surface area contributed by atoms with Gasteiger partial charge in [-0.3, -0.25) is 4.79 Å². The van der Waals surface area contributed by atoms with Gasteiger partial charge in [0.1, 0.15) is 0 Å². The van der Waals surface area contributed by atoms with Gasteiger partial charge < -0.3 is 10.6 Å². The summed E-state index contributed by atoms with van der Waals surface area (Å²) in [4.78, 5) is 12.2. The van der Waals surface area contributed by atoms with Crippen molar-refractivity contribution in [2.24, 2.45) is 0 Å². The van der Waals surface area contributed by atoms with Crippen LogP contribution in [-0.2, 0) is 6.42 Å². The third-order valence-electron chi connectivity index (χ3n) is 3.80. The van der Waals surface area contributed by atoms with E-state index in [1.165, 1.54) is 5.56 Å². The van der Waals surface area contributed by atoms with E-state index in [4.69, 9.17) is 5.26 Å². The van der Waals surface area contributed by atoms with E-state index in [9.17, 15) is 4.79 Å². The maximum absolute atomic E-state index is 12.2. The first-order valence-electron chi connectivity index (χ1n) is 8.19. The van der Waals surface area contributed by atoms with Crippen LogP contribution in [0.25, 0.3) is 0 Å². The second-order valence-corrected chi connectivity index (χ2v) is 5.62. The van der Waals surface area contributed by atoms with Gasteiger partial charge in [0.25, 0.3) is 5.91 Å². The predicted octanol–water partition coefficient (Wildman–Crippen LogP) is 3.91. The summed E-state index contributed by atoms with van der Waals surface area (Å²) in [5.74, 6) is 0.199. The number of amides is 1. The normalized spacial score (nSPS) is 10.0. The number of aryl methyl sites for hydroxylation is 1. The number of aromatic nitrogens is 2. The molecule has 3 rings (SSSR count). The smallest absolute Gasteiger partial charge is 0.276 e. The largest absolute Gasteiger partial charge is 0.339 e. The maximum atomic E-state index is 12.2. The fourth-order valence-corrected chi connectivity index (χ4v) is 2.31. The molecule has 6 heteroatoms. The summed E-state index contributed by atoms with van der Waals surface area (Å²) < 4.78 is 0. The SMILES string of the molecule is CCc1ccc(Nc2ccc(C(=O)Nc3ccc(C#N)cc3)nn2)cc1. The molecule has 3 aromatic rings. The number of benzene rings is 2. The van der Waals surface area contributed by atoms with Crippen molar-refractivity contribution < 1.29 is 4.79 Å². The molecule has 0 bridgehead atoms. The first-order valence-corrected chi connectivity index (χ1v) is 8.19. The van der Waals surface area contributed by atoms with Crippen molar-refractivity contribution in [1.82, 2.24) is 10.2 Å². The second kappa shape index (κ2) is 7.90. The monoisotopic (exact) mass is 343 g/mol. The van der Waals surface area contributed by atoms with Crippen molar-refractivity contribution in [3.63, 3.8) is 0 Å². The Labute approximate surface area is 151 Å². The summed E-state index contributed by atoms with van der Waals surface area (Å²) in [5, 5.41) is 22.7. The highest BCUT2D eigenvalue weighted by Crippen LogP contribution is 2.16. The number of hydrogen-bond donors (Lipinski definition) is 2. The zero-order valence-electron chi connectivity index (χ0n) is 14.2. The molecule has 2 aromatic carbocycles. The molecule has 26 heavy (non-hydrogen) atoms. The zero-order chi connectivity index (χ0) is 18.4. The van der Waals surface area contributed by atoms with Crippen molar-refractivity contribution in [2.75, 3.05) is 10.6 Å². The summed E-state index contributed by atoms with van der Waals surface area (Å²) in [6, 6.07) is 20.0. The summed E-state index contributed by atoms with van der Waals surface area (Å²) in [7, 11) is 0. The van der Waals surface area contributed by atoms with Crippen LogP contribution in [0.1, 0.15) is 28.5 Å². The van der Waals surface area contributed by atoms with E-state index >= 15 is 0 Å².